The summed E-state index contributed by atoms with van der Waals surface area (Å²) < 4.78 is 43.5. The largest absolute Gasteiger partial charge is 0.507 e. The molecule has 0 aliphatic carbocycles. The lowest BCUT2D eigenvalue weighted by atomic mass is 9.92. The molecule has 1 amide bonds. The molecule has 2 N–H and O–H groups in total. The number of nitriles is 1. The van der Waals surface area contributed by atoms with Gasteiger partial charge in [0.25, 0.3) is 5.91 Å². The van der Waals surface area contributed by atoms with Gasteiger partial charge < -0.3 is 9.67 Å². The van der Waals surface area contributed by atoms with Crippen LogP contribution in [0.25, 0.3) is 10.9 Å². The zero-order chi connectivity index (χ0) is 26.9. The van der Waals surface area contributed by atoms with Crippen molar-refractivity contribution in [3.63, 3.8) is 0 Å². The van der Waals surface area contributed by atoms with Crippen LogP contribution in [0, 0.1) is 32.1 Å². The van der Waals surface area contributed by atoms with Gasteiger partial charge in [0.2, 0.25) is 0 Å². The Kier molecular flexibility index (Phi) is 6.77. The molecule has 0 saturated carbocycles. The second-order valence-corrected chi connectivity index (χ2v) is 8.75. The second kappa shape index (κ2) is 9.82. The molecule has 1 aromatic heterocycles. The van der Waals surface area contributed by atoms with Gasteiger partial charge in [0.1, 0.15) is 11.8 Å². The van der Waals surface area contributed by atoms with Crippen LogP contribution >= 0.6 is 0 Å². The first-order chi connectivity index (χ1) is 17.5. The van der Waals surface area contributed by atoms with Crippen LogP contribution in [0.4, 0.5) is 13.2 Å². The van der Waals surface area contributed by atoms with E-state index < -0.39 is 17.6 Å². The highest BCUT2D eigenvalue weighted by Gasteiger charge is 2.36. The van der Waals surface area contributed by atoms with E-state index in [1.54, 1.807) is 48.0 Å². The van der Waals surface area contributed by atoms with E-state index in [4.69, 9.17) is 5.26 Å². The molecule has 0 fully saturated rings. The normalized spacial score (nSPS) is 11.7. The summed E-state index contributed by atoms with van der Waals surface area (Å²) in [4.78, 5) is 12.4. The number of benzene rings is 3. The maximum atomic E-state index is 13.9. The molecule has 0 spiro atoms. The number of phenolic OH excluding ortho intramolecular Hbond substituents is 1. The number of nitrogens with zero attached hydrogens (tertiary/aromatic N) is 3. The van der Waals surface area contributed by atoms with Gasteiger partial charge in [0, 0.05) is 34.8 Å². The summed E-state index contributed by atoms with van der Waals surface area (Å²) in [6, 6.07) is 14.4. The second-order valence-electron chi connectivity index (χ2n) is 8.75. The minimum atomic E-state index is -4.47. The fourth-order valence-electron chi connectivity index (χ4n) is 4.42. The quantitative estimate of drug-likeness (QED) is 0.259. The molecule has 0 unspecified atom stereocenters. The number of hydrazone groups is 1. The molecule has 4 rings (SSSR count). The first kappa shape index (κ1) is 25.5. The fraction of sp³-hybridized carbons (Fsp3) is 0.179. The SMILES string of the molecule is Cc1cc(C)c(C(F)(F)F)c(Cn2ccc3c(C=NNC(=O)c4ccc(O)c(C#N)c4)cccc32)c1C. The Morgan fingerprint density at radius 1 is 1.14 bits per heavy atom. The summed E-state index contributed by atoms with van der Waals surface area (Å²) in [6.45, 7) is 5.04. The number of halogens is 3. The van der Waals surface area contributed by atoms with E-state index >= 15 is 0 Å². The summed E-state index contributed by atoms with van der Waals surface area (Å²) in [6.07, 6.45) is -1.29. The molecule has 3 aromatic carbocycles. The number of carbonyl (C=O) groups excluding carboxylic acids is 1. The Labute approximate surface area is 211 Å². The lowest BCUT2D eigenvalue weighted by molar-refractivity contribution is -0.138. The number of hydrogen-bond acceptors (Lipinski definition) is 4. The van der Waals surface area contributed by atoms with Crippen LogP contribution < -0.4 is 5.43 Å². The predicted octanol–water partition coefficient (Wildman–Crippen LogP) is 5.97. The number of amides is 1. The number of hydrogen-bond donors (Lipinski definition) is 2. The number of rotatable bonds is 5. The molecule has 37 heavy (non-hydrogen) atoms. The zero-order valence-corrected chi connectivity index (χ0v) is 20.3. The number of carbonyl (C=O) groups is 1. The zero-order valence-electron chi connectivity index (χ0n) is 20.3. The van der Waals surface area contributed by atoms with Gasteiger partial charge in [-0.2, -0.15) is 23.5 Å². The lowest BCUT2D eigenvalue weighted by Crippen LogP contribution is -2.17. The molecule has 0 saturated heterocycles. The van der Waals surface area contributed by atoms with E-state index in [1.165, 1.54) is 31.3 Å². The van der Waals surface area contributed by atoms with Crippen LogP contribution in [0.1, 0.15) is 49.3 Å². The summed E-state index contributed by atoms with van der Waals surface area (Å²) in [7, 11) is 0. The predicted molar refractivity (Wildman–Crippen MR) is 135 cm³/mol. The van der Waals surface area contributed by atoms with E-state index in [0.29, 0.717) is 11.1 Å². The summed E-state index contributed by atoms with van der Waals surface area (Å²) in [5, 5.41) is 23.4. The van der Waals surface area contributed by atoms with Crippen molar-refractivity contribution in [3.05, 3.63) is 99.2 Å². The minimum Gasteiger partial charge on any atom is -0.507 e. The maximum absolute atomic E-state index is 13.9. The highest BCUT2D eigenvalue weighted by molar-refractivity contribution is 6.00. The van der Waals surface area contributed by atoms with Crippen molar-refractivity contribution >= 4 is 23.0 Å². The van der Waals surface area contributed by atoms with Crippen LogP contribution in [0.15, 0.2) is 59.8 Å². The molecule has 6 nitrogen and oxygen atoms in total. The van der Waals surface area contributed by atoms with Crippen molar-refractivity contribution in [2.75, 3.05) is 0 Å². The molecule has 4 aromatic rings. The molecular formula is C28H23F3N4O2. The van der Waals surface area contributed by atoms with Gasteiger partial charge in [-0.1, -0.05) is 18.2 Å². The molecule has 0 radical (unpaired) electrons. The number of phenols is 1. The molecule has 9 heteroatoms. The Balaban J connectivity index is 1.63. The average molecular weight is 505 g/mol. The average Bonchev–Trinajstić information content (AvgIpc) is 3.25. The van der Waals surface area contributed by atoms with Crippen LogP contribution in [-0.4, -0.2) is 21.8 Å². The third-order valence-electron chi connectivity index (χ3n) is 6.38. The highest BCUT2D eigenvalue weighted by atomic mass is 19.4. The van der Waals surface area contributed by atoms with Crippen LogP contribution in [0.3, 0.4) is 0 Å². The molecule has 0 atom stereocenters. The van der Waals surface area contributed by atoms with Gasteiger partial charge in [-0.25, -0.2) is 5.43 Å². The Morgan fingerprint density at radius 3 is 2.59 bits per heavy atom. The Hall–Kier alpha value is -4.58. The van der Waals surface area contributed by atoms with Gasteiger partial charge in [-0.05, 0) is 73.4 Å². The number of aryl methyl sites for hydroxylation is 2. The number of alkyl halides is 3. The minimum absolute atomic E-state index is 0.0320. The van der Waals surface area contributed by atoms with Crippen LogP contribution in [0.2, 0.25) is 0 Å². The third kappa shape index (κ3) is 5.05. The molecule has 0 aliphatic heterocycles. The summed E-state index contributed by atoms with van der Waals surface area (Å²) in [5.41, 5.74) is 5.12. The smallest absolute Gasteiger partial charge is 0.417 e. The highest BCUT2D eigenvalue weighted by Crippen LogP contribution is 2.38. The van der Waals surface area contributed by atoms with Crippen molar-refractivity contribution < 1.29 is 23.1 Å². The summed E-state index contributed by atoms with van der Waals surface area (Å²) in [5.74, 6) is -0.792. The van der Waals surface area contributed by atoms with Crippen LogP contribution in [-0.2, 0) is 12.7 Å². The van der Waals surface area contributed by atoms with E-state index in [2.05, 4.69) is 10.5 Å². The number of nitrogens with one attached hydrogen (secondary N) is 1. The molecule has 0 aliphatic rings. The van der Waals surface area contributed by atoms with Gasteiger partial charge in [0.05, 0.1) is 17.3 Å². The molecular weight excluding hydrogens is 481 g/mol. The first-order valence-electron chi connectivity index (χ1n) is 11.3. The summed E-state index contributed by atoms with van der Waals surface area (Å²) >= 11 is 0. The van der Waals surface area contributed by atoms with E-state index in [1.807, 2.05) is 13.0 Å². The molecule has 1 heterocycles. The number of aromatic nitrogens is 1. The Bertz CT molecular complexity index is 1590. The van der Waals surface area contributed by atoms with Crippen molar-refractivity contribution in [1.82, 2.24) is 9.99 Å². The van der Waals surface area contributed by atoms with Gasteiger partial charge >= 0.3 is 6.18 Å². The van der Waals surface area contributed by atoms with Crippen molar-refractivity contribution in [3.8, 4) is 11.8 Å². The van der Waals surface area contributed by atoms with Crippen molar-refractivity contribution in [2.24, 2.45) is 5.10 Å². The fourth-order valence-corrected chi connectivity index (χ4v) is 4.42. The van der Waals surface area contributed by atoms with Crippen molar-refractivity contribution in [2.45, 2.75) is 33.5 Å². The number of fused-ring (bicyclic) bond motifs is 1. The first-order valence-corrected chi connectivity index (χ1v) is 11.3. The van der Waals surface area contributed by atoms with Gasteiger partial charge in [0.15, 0.2) is 0 Å². The van der Waals surface area contributed by atoms with Crippen molar-refractivity contribution in [1.29, 1.82) is 5.26 Å². The molecule has 188 valence electrons. The van der Waals surface area contributed by atoms with E-state index in [0.717, 1.165) is 16.5 Å². The van der Waals surface area contributed by atoms with Gasteiger partial charge in [-0.15, -0.1) is 0 Å². The maximum Gasteiger partial charge on any atom is 0.417 e. The standard InChI is InChI=1S/C28H23F3N4O2/c1-16-11-17(2)26(28(29,30)31)23(18(16)3)15-35-10-9-22-20(5-4-6-24(22)35)14-33-34-27(37)19-7-8-25(36)21(12-19)13-32/h4-12,14,36H,15H2,1-3H3,(H,34,37). The third-order valence-corrected chi connectivity index (χ3v) is 6.38. The van der Waals surface area contributed by atoms with Gasteiger partial charge in [-0.3, -0.25) is 4.79 Å². The van der Waals surface area contributed by atoms with E-state index in [9.17, 15) is 23.1 Å². The lowest BCUT2D eigenvalue weighted by Gasteiger charge is -2.21. The monoisotopic (exact) mass is 504 g/mol. The molecule has 0 bridgehead atoms. The van der Waals surface area contributed by atoms with E-state index in [-0.39, 0.29) is 34.5 Å². The topological polar surface area (TPSA) is 90.4 Å². The van der Waals surface area contributed by atoms with Crippen LogP contribution in [0.5, 0.6) is 5.75 Å². The Morgan fingerprint density at radius 2 is 1.89 bits per heavy atom. The number of aromatic hydroxyl groups is 1.